The summed E-state index contributed by atoms with van der Waals surface area (Å²) in [6, 6.07) is 9.70. The van der Waals surface area contributed by atoms with Crippen LogP contribution in [0, 0.1) is 0 Å². The zero-order chi connectivity index (χ0) is 15.5. The summed E-state index contributed by atoms with van der Waals surface area (Å²) >= 11 is 0. The van der Waals surface area contributed by atoms with Crippen LogP contribution in [0.5, 0.6) is 0 Å². The number of aromatic nitrogens is 2. The molecule has 1 heterocycles. The molecule has 114 valence electrons. The Labute approximate surface area is 129 Å². The standard InChI is InChI=1S/C16H19N5O/c1-21(2)13-7-3-11(4-8-13)10-17-20-16(22)15-9-14(18-19-15)12-5-6-12/h3-4,7-10,12H,5-6H2,1-2H3,(H,18,19)(H,20,22)/b17-10-. The number of carbonyl (C=O) groups is 1. The number of carbonyl (C=O) groups excluding carboxylic acids is 1. The van der Waals surface area contributed by atoms with Gasteiger partial charge in [0.2, 0.25) is 0 Å². The predicted molar refractivity (Wildman–Crippen MR) is 86.4 cm³/mol. The van der Waals surface area contributed by atoms with Crippen molar-refractivity contribution in [3.63, 3.8) is 0 Å². The van der Waals surface area contributed by atoms with Crippen LogP contribution in [0.1, 0.15) is 40.5 Å². The molecule has 1 aromatic carbocycles. The smallest absolute Gasteiger partial charge is 0.291 e. The third-order valence-electron chi connectivity index (χ3n) is 3.64. The minimum absolute atomic E-state index is 0.302. The molecule has 1 saturated carbocycles. The second kappa shape index (κ2) is 6.01. The van der Waals surface area contributed by atoms with E-state index < -0.39 is 0 Å². The number of amides is 1. The maximum Gasteiger partial charge on any atom is 0.291 e. The van der Waals surface area contributed by atoms with Crippen LogP contribution in [-0.4, -0.2) is 36.4 Å². The van der Waals surface area contributed by atoms with E-state index in [1.54, 1.807) is 12.3 Å². The van der Waals surface area contributed by atoms with Crippen molar-refractivity contribution in [2.45, 2.75) is 18.8 Å². The van der Waals surface area contributed by atoms with Crippen LogP contribution in [0.3, 0.4) is 0 Å². The minimum atomic E-state index is -0.302. The number of hydrogen-bond donors (Lipinski definition) is 2. The summed E-state index contributed by atoms with van der Waals surface area (Å²) in [5, 5.41) is 10.9. The number of nitrogens with zero attached hydrogens (tertiary/aromatic N) is 3. The lowest BCUT2D eigenvalue weighted by molar-refractivity contribution is 0.0950. The quantitative estimate of drug-likeness (QED) is 0.656. The number of hydrazone groups is 1. The van der Waals surface area contributed by atoms with E-state index in [1.807, 2.05) is 43.3 Å². The van der Waals surface area contributed by atoms with E-state index in [9.17, 15) is 4.79 Å². The van der Waals surface area contributed by atoms with E-state index in [4.69, 9.17) is 0 Å². The van der Waals surface area contributed by atoms with Crippen LogP contribution in [0.25, 0.3) is 0 Å². The molecule has 1 amide bonds. The highest BCUT2D eigenvalue weighted by Crippen LogP contribution is 2.38. The lowest BCUT2D eigenvalue weighted by Gasteiger charge is -2.11. The minimum Gasteiger partial charge on any atom is -0.378 e. The molecular formula is C16H19N5O. The molecule has 0 aliphatic heterocycles. The molecule has 1 aromatic heterocycles. The van der Waals surface area contributed by atoms with E-state index >= 15 is 0 Å². The molecule has 2 N–H and O–H groups in total. The molecule has 6 heteroatoms. The van der Waals surface area contributed by atoms with E-state index in [0.29, 0.717) is 11.6 Å². The summed E-state index contributed by atoms with van der Waals surface area (Å²) < 4.78 is 0. The molecule has 0 atom stereocenters. The fourth-order valence-electron chi connectivity index (χ4n) is 2.14. The van der Waals surface area contributed by atoms with Crippen molar-refractivity contribution < 1.29 is 4.79 Å². The zero-order valence-corrected chi connectivity index (χ0v) is 12.7. The Bertz CT molecular complexity index is 683. The van der Waals surface area contributed by atoms with Crippen LogP contribution >= 0.6 is 0 Å². The largest absolute Gasteiger partial charge is 0.378 e. The van der Waals surface area contributed by atoms with E-state index in [0.717, 1.165) is 16.9 Å². The molecule has 0 spiro atoms. The first-order chi connectivity index (χ1) is 10.6. The van der Waals surface area contributed by atoms with Crippen molar-refractivity contribution in [2.24, 2.45) is 5.10 Å². The molecule has 6 nitrogen and oxygen atoms in total. The van der Waals surface area contributed by atoms with Crippen molar-refractivity contribution in [3.05, 3.63) is 47.3 Å². The number of hydrogen-bond acceptors (Lipinski definition) is 4. The molecule has 3 rings (SSSR count). The third kappa shape index (κ3) is 3.33. The Balaban J connectivity index is 1.57. The number of H-pyrrole nitrogens is 1. The van der Waals surface area contributed by atoms with Gasteiger partial charge >= 0.3 is 0 Å². The van der Waals surface area contributed by atoms with Gasteiger partial charge in [-0.05, 0) is 36.6 Å². The molecular weight excluding hydrogens is 278 g/mol. The van der Waals surface area contributed by atoms with E-state index in [-0.39, 0.29) is 5.91 Å². The number of anilines is 1. The van der Waals surface area contributed by atoms with Gasteiger partial charge in [0.15, 0.2) is 5.69 Å². The summed E-state index contributed by atoms with van der Waals surface area (Å²) in [6.45, 7) is 0. The monoisotopic (exact) mass is 297 g/mol. The van der Waals surface area contributed by atoms with Crippen LogP contribution < -0.4 is 10.3 Å². The number of aromatic amines is 1. The summed E-state index contributed by atoms with van der Waals surface area (Å²) in [7, 11) is 3.98. The normalized spacial score (nSPS) is 14.3. The van der Waals surface area contributed by atoms with Crippen molar-refractivity contribution in [1.29, 1.82) is 0 Å². The van der Waals surface area contributed by atoms with Crippen molar-refractivity contribution in [2.75, 3.05) is 19.0 Å². The summed E-state index contributed by atoms with van der Waals surface area (Å²) in [5.41, 5.74) is 5.95. The highest BCUT2D eigenvalue weighted by atomic mass is 16.2. The lowest BCUT2D eigenvalue weighted by Crippen LogP contribution is -2.18. The second-order valence-electron chi connectivity index (χ2n) is 5.67. The first-order valence-corrected chi connectivity index (χ1v) is 7.29. The van der Waals surface area contributed by atoms with Crippen molar-refractivity contribution >= 4 is 17.8 Å². The first kappa shape index (κ1) is 14.3. The Morgan fingerprint density at radius 3 is 2.73 bits per heavy atom. The molecule has 22 heavy (non-hydrogen) atoms. The fourth-order valence-corrected chi connectivity index (χ4v) is 2.14. The van der Waals surface area contributed by atoms with E-state index in [1.165, 1.54) is 12.8 Å². The molecule has 0 bridgehead atoms. The highest BCUT2D eigenvalue weighted by Gasteiger charge is 2.26. The lowest BCUT2D eigenvalue weighted by atomic mass is 10.2. The molecule has 0 unspecified atom stereocenters. The third-order valence-corrected chi connectivity index (χ3v) is 3.64. The Hall–Kier alpha value is -2.63. The highest BCUT2D eigenvalue weighted by molar-refractivity contribution is 5.93. The SMILES string of the molecule is CN(C)c1ccc(/C=N\NC(=O)c2cc(C3CC3)[nH]n2)cc1. The van der Waals surface area contributed by atoms with Gasteiger partial charge in [0.05, 0.1) is 6.21 Å². The average molecular weight is 297 g/mol. The second-order valence-corrected chi connectivity index (χ2v) is 5.67. The zero-order valence-electron chi connectivity index (χ0n) is 12.7. The summed E-state index contributed by atoms with van der Waals surface area (Å²) in [5.74, 6) is 0.247. The molecule has 0 radical (unpaired) electrons. The van der Waals surface area contributed by atoms with E-state index in [2.05, 4.69) is 20.7 Å². The summed E-state index contributed by atoms with van der Waals surface area (Å²) in [4.78, 5) is 13.9. The Morgan fingerprint density at radius 2 is 2.09 bits per heavy atom. The van der Waals surface area contributed by atoms with Crippen LogP contribution in [-0.2, 0) is 0 Å². The van der Waals surface area contributed by atoms with Crippen LogP contribution in [0.2, 0.25) is 0 Å². The molecule has 0 saturated heterocycles. The Morgan fingerprint density at radius 1 is 1.36 bits per heavy atom. The molecule has 1 aliphatic carbocycles. The number of rotatable bonds is 5. The maximum atomic E-state index is 11.9. The van der Waals surface area contributed by atoms with Gasteiger partial charge in [-0.15, -0.1) is 0 Å². The van der Waals surface area contributed by atoms with Crippen LogP contribution in [0.4, 0.5) is 5.69 Å². The van der Waals surface area contributed by atoms with Gasteiger partial charge in [-0.3, -0.25) is 9.89 Å². The molecule has 1 fully saturated rings. The van der Waals surface area contributed by atoms with Gasteiger partial charge in [-0.25, -0.2) is 5.43 Å². The van der Waals surface area contributed by atoms with Crippen molar-refractivity contribution in [3.8, 4) is 0 Å². The summed E-state index contributed by atoms with van der Waals surface area (Å²) in [6.07, 6.45) is 3.96. The van der Waals surface area contributed by atoms with Gasteiger partial charge in [0.25, 0.3) is 5.91 Å². The van der Waals surface area contributed by atoms with Gasteiger partial charge in [0, 0.05) is 31.4 Å². The fraction of sp³-hybridized carbons (Fsp3) is 0.312. The van der Waals surface area contributed by atoms with Gasteiger partial charge in [0.1, 0.15) is 0 Å². The molecule has 1 aliphatic rings. The Kier molecular flexibility index (Phi) is 3.91. The average Bonchev–Trinajstić information content (AvgIpc) is 3.25. The first-order valence-electron chi connectivity index (χ1n) is 7.29. The maximum absolute atomic E-state index is 11.9. The van der Waals surface area contributed by atoms with Gasteiger partial charge in [-0.2, -0.15) is 10.2 Å². The number of benzene rings is 1. The van der Waals surface area contributed by atoms with Gasteiger partial charge in [-0.1, -0.05) is 12.1 Å². The molecule has 2 aromatic rings. The van der Waals surface area contributed by atoms with Crippen LogP contribution in [0.15, 0.2) is 35.4 Å². The van der Waals surface area contributed by atoms with Gasteiger partial charge < -0.3 is 4.90 Å². The number of nitrogens with one attached hydrogen (secondary N) is 2. The van der Waals surface area contributed by atoms with Crippen molar-refractivity contribution in [1.82, 2.24) is 15.6 Å². The topological polar surface area (TPSA) is 73.4 Å². The predicted octanol–water partition coefficient (Wildman–Crippen LogP) is 2.12.